The first-order valence-corrected chi connectivity index (χ1v) is 11.1. The van der Waals surface area contributed by atoms with E-state index in [0.29, 0.717) is 15.4 Å². The molecule has 2 aromatic rings. The molecule has 1 N–H and O–H groups in total. The van der Waals surface area contributed by atoms with Crippen LogP contribution in [0.1, 0.15) is 34.8 Å². The highest BCUT2D eigenvalue weighted by molar-refractivity contribution is 9.10. The molecule has 1 amide bonds. The van der Waals surface area contributed by atoms with E-state index in [4.69, 9.17) is 11.6 Å². The molecule has 3 rings (SSSR count). The molecule has 0 bridgehead atoms. The van der Waals surface area contributed by atoms with E-state index in [1.54, 1.807) is 18.2 Å². The zero-order valence-electron chi connectivity index (χ0n) is 14.9. The van der Waals surface area contributed by atoms with Crippen molar-refractivity contribution in [1.82, 2.24) is 9.62 Å². The van der Waals surface area contributed by atoms with Gasteiger partial charge in [-0.05, 0) is 70.6 Å². The van der Waals surface area contributed by atoms with Crippen molar-refractivity contribution >= 4 is 43.5 Å². The summed E-state index contributed by atoms with van der Waals surface area (Å²) in [5.74, 6) is 0.0622. The third kappa shape index (κ3) is 4.54. The molecule has 2 aromatic carbocycles. The molecule has 27 heavy (non-hydrogen) atoms. The topological polar surface area (TPSA) is 66.5 Å². The van der Waals surface area contributed by atoms with E-state index in [1.165, 1.54) is 26.2 Å². The summed E-state index contributed by atoms with van der Waals surface area (Å²) in [5, 5.41) is 3.70. The van der Waals surface area contributed by atoms with Crippen molar-refractivity contribution in [3.05, 3.63) is 63.1 Å². The largest absolute Gasteiger partial charge is 0.345 e. The molecule has 0 heterocycles. The zero-order valence-corrected chi connectivity index (χ0v) is 18.1. The number of carbonyl (C=O) groups excluding carboxylic acids is 1. The summed E-state index contributed by atoms with van der Waals surface area (Å²) in [6.07, 6.45) is 2.09. The summed E-state index contributed by atoms with van der Waals surface area (Å²) in [7, 11) is -0.703. The summed E-state index contributed by atoms with van der Waals surface area (Å²) in [5.41, 5.74) is 1.28. The lowest BCUT2D eigenvalue weighted by Gasteiger charge is -2.20. The van der Waals surface area contributed by atoms with Crippen LogP contribution in [0.25, 0.3) is 0 Å². The van der Waals surface area contributed by atoms with Gasteiger partial charge in [0.1, 0.15) is 0 Å². The van der Waals surface area contributed by atoms with Crippen LogP contribution in [0, 0.1) is 5.92 Å². The lowest BCUT2D eigenvalue weighted by atomic mass is 10.0. The normalized spacial score (nSPS) is 15.6. The van der Waals surface area contributed by atoms with Gasteiger partial charge in [0.25, 0.3) is 5.91 Å². The number of sulfonamides is 1. The third-order valence-electron chi connectivity index (χ3n) is 4.57. The van der Waals surface area contributed by atoms with Gasteiger partial charge in [0, 0.05) is 23.6 Å². The van der Waals surface area contributed by atoms with Gasteiger partial charge in [0.15, 0.2) is 0 Å². The Bertz CT molecular complexity index is 957. The van der Waals surface area contributed by atoms with Gasteiger partial charge in [0.05, 0.1) is 16.5 Å². The van der Waals surface area contributed by atoms with Crippen molar-refractivity contribution in [1.29, 1.82) is 0 Å². The Morgan fingerprint density at radius 2 is 1.81 bits per heavy atom. The minimum Gasteiger partial charge on any atom is -0.345 e. The second kappa shape index (κ2) is 7.91. The number of amides is 1. The number of hydrogen-bond acceptors (Lipinski definition) is 3. The van der Waals surface area contributed by atoms with Crippen LogP contribution in [0.2, 0.25) is 5.02 Å². The third-order valence-corrected chi connectivity index (χ3v) is 7.32. The zero-order chi connectivity index (χ0) is 19.8. The van der Waals surface area contributed by atoms with E-state index in [2.05, 4.69) is 21.2 Å². The smallest absolute Gasteiger partial charge is 0.252 e. The average molecular weight is 472 g/mol. The van der Waals surface area contributed by atoms with Gasteiger partial charge in [-0.3, -0.25) is 4.79 Å². The van der Waals surface area contributed by atoms with E-state index in [-0.39, 0.29) is 22.4 Å². The van der Waals surface area contributed by atoms with Gasteiger partial charge in [-0.15, -0.1) is 0 Å². The maximum atomic E-state index is 12.9. The molecule has 1 aliphatic carbocycles. The fraction of sp³-hybridized carbons (Fsp3) is 0.316. The number of nitrogens with one attached hydrogen (secondary N) is 1. The summed E-state index contributed by atoms with van der Waals surface area (Å²) < 4.78 is 26.4. The van der Waals surface area contributed by atoms with Crippen LogP contribution >= 0.6 is 27.5 Å². The second-order valence-electron chi connectivity index (χ2n) is 6.77. The van der Waals surface area contributed by atoms with E-state index >= 15 is 0 Å². The Balaban J connectivity index is 1.89. The van der Waals surface area contributed by atoms with E-state index in [9.17, 15) is 13.2 Å². The van der Waals surface area contributed by atoms with E-state index in [1.807, 2.05) is 12.1 Å². The van der Waals surface area contributed by atoms with Crippen LogP contribution < -0.4 is 5.32 Å². The molecule has 1 aliphatic rings. The van der Waals surface area contributed by atoms with Gasteiger partial charge in [0.2, 0.25) is 10.0 Å². The Morgan fingerprint density at radius 3 is 2.37 bits per heavy atom. The van der Waals surface area contributed by atoms with E-state index in [0.717, 1.165) is 22.7 Å². The Kier molecular flexibility index (Phi) is 5.96. The van der Waals surface area contributed by atoms with Gasteiger partial charge < -0.3 is 5.32 Å². The molecule has 8 heteroatoms. The fourth-order valence-corrected chi connectivity index (χ4v) is 4.32. The van der Waals surface area contributed by atoms with Gasteiger partial charge in [-0.2, -0.15) is 0 Å². The van der Waals surface area contributed by atoms with Crippen LogP contribution in [0.4, 0.5) is 0 Å². The molecule has 0 radical (unpaired) electrons. The predicted octanol–water partition coefficient (Wildman–Crippen LogP) is 4.23. The first-order valence-electron chi connectivity index (χ1n) is 8.48. The SMILES string of the molecule is CN(C)S(=O)(=O)c1ccc(Br)c(C(=O)NC(c2ccc(Cl)cc2)C2CC2)c1. The highest BCUT2D eigenvalue weighted by atomic mass is 79.9. The standard InChI is InChI=1S/C19H20BrClN2O3S/c1-23(2)27(25,26)15-9-10-17(20)16(11-15)19(24)22-18(12-3-4-12)13-5-7-14(21)8-6-13/h5-12,18H,3-4H2,1-2H3,(H,22,24). The van der Waals surface area contributed by atoms with Gasteiger partial charge >= 0.3 is 0 Å². The second-order valence-corrected chi connectivity index (χ2v) is 10.2. The Labute approximate surface area is 172 Å². The number of carbonyl (C=O) groups is 1. The van der Waals surface area contributed by atoms with Crippen LogP contribution in [0.3, 0.4) is 0 Å². The van der Waals surface area contributed by atoms with Crippen molar-refractivity contribution in [2.45, 2.75) is 23.8 Å². The van der Waals surface area contributed by atoms with E-state index < -0.39 is 10.0 Å². The molecule has 5 nitrogen and oxygen atoms in total. The minimum absolute atomic E-state index is 0.0790. The summed E-state index contributed by atoms with van der Waals surface area (Å²) in [6.45, 7) is 0. The molecule has 1 fully saturated rings. The molecule has 0 aromatic heterocycles. The maximum Gasteiger partial charge on any atom is 0.252 e. The summed E-state index contributed by atoms with van der Waals surface area (Å²) >= 11 is 9.32. The molecule has 0 saturated heterocycles. The molecule has 144 valence electrons. The number of hydrogen-bond donors (Lipinski definition) is 1. The van der Waals surface area contributed by atoms with Crippen LogP contribution in [-0.4, -0.2) is 32.7 Å². The number of nitrogens with zero attached hydrogens (tertiary/aromatic N) is 1. The molecule has 0 spiro atoms. The van der Waals surface area contributed by atoms with Crippen molar-refractivity contribution in [2.75, 3.05) is 14.1 Å². The predicted molar refractivity (Wildman–Crippen MR) is 109 cm³/mol. The fourth-order valence-electron chi connectivity index (χ4n) is 2.84. The van der Waals surface area contributed by atoms with Crippen LogP contribution in [-0.2, 0) is 10.0 Å². The van der Waals surface area contributed by atoms with Gasteiger partial charge in [-0.1, -0.05) is 23.7 Å². The highest BCUT2D eigenvalue weighted by Gasteiger charge is 2.34. The van der Waals surface area contributed by atoms with Crippen molar-refractivity contribution in [2.24, 2.45) is 5.92 Å². The van der Waals surface area contributed by atoms with Crippen molar-refractivity contribution in [3.8, 4) is 0 Å². The summed E-state index contributed by atoms with van der Waals surface area (Å²) in [6, 6.07) is 11.8. The lowest BCUT2D eigenvalue weighted by Crippen LogP contribution is -2.30. The molecule has 1 saturated carbocycles. The van der Waals surface area contributed by atoms with Crippen molar-refractivity contribution < 1.29 is 13.2 Å². The van der Waals surface area contributed by atoms with Crippen LogP contribution in [0.15, 0.2) is 51.8 Å². The summed E-state index contributed by atoms with van der Waals surface area (Å²) in [4.78, 5) is 13.0. The number of benzene rings is 2. The Hall–Kier alpha value is -1.41. The minimum atomic E-state index is -3.62. The monoisotopic (exact) mass is 470 g/mol. The maximum absolute atomic E-state index is 12.9. The van der Waals surface area contributed by atoms with Crippen LogP contribution in [0.5, 0.6) is 0 Å². The number of halogens is 2. The quantitative estimate of drug-likeness (QED) is 0.685. The number of rotatable bonds is 6. The first kappa shape index (κ1) is 20.3. The van der Waals surface area contributed by atoms with Gasteiger partial charge in [-0.25, -0.2) is 12.7 Å². The van der Waals surface area contributed by atoms with Crippen molar-refractivity contribution in [3.63, 3.8) is 0 Å². The molecular formula is C19H20BrClN2O3S. The highest BCUT2D eigenvalue weighted by Crippen LogP contribution is 2.41. The molecule has 1 atom stereocenters. The lowest BCUT2D eigenvalue weighted by molar-refractivity contribution is 0.0930. The molecular weight excluding hydrogens is 452 g/mol. The first-order chi connectivity index (χ1) is 12.7. The molecule has 1 unspecified atom stereocenters. The average Bonchev–Trinajstić information content (AvgIpc) is 3.45. The Morgan fingerprint density at radius 1 is 1.19 bits per heavy atom. The molecule has 0 aliphatic heterocycles.